The molecular weight excluding hydrogens is 369 g/mol. The van der Waals surface area contributed by atoms with Crippen molar-refractivity contribution in [3.05, 3.63) is 0 Å². The van der Waals surface area contributed by atoms with Crippen molar-refractivity contribution in [2.45, 2.75) is 37.2 Å². The number of phosphoric ester groups is 1. The number of carbonyl (C=O) groups excluding carboxylic acids is 2. The number of aliphatic carboxylic acids is 1. The lowest BCUT2D eigenvalue weighted by Gasteiger charge is -2.21. The molecule has 0 saturated heterocycles. The van der Waals surface area contributed by atoms with E-state index in [2.05, 4.69) is 9.26 Å². The third-order valence-electron chi connectivity index (χ3n) is 2.81. The maximum absolute atomic E-state index is 11.5. The SMILES string of the molecule is N[C@@H](CCC(=O)OCC(=O)[C@@H](O)[C@H](O)[C@H](O)COP(=O)(O)O)C(=O)O. The van der Waals surface area contributed by atoms with Crippen LogP contribution in [0.1, 0.15) is 12.8 Å². The molecule has 0 aromatic heterocycles. The molecule has 8 N–H and O–H groups in total. The number of Topliss-reactive ketones (excluding diaryl/α,β-unsaturated/α-hetero) is 1. The Morgan fingerprint density at radius 3 is 2.16 bits per heavy atom. The quantitative estimate of drug-likeness (QED) is 0.127. The summed E-state index contributed by atoms with van der Waals surface area (Å²) in [5.74, 6) is -3.51. The van der Waals surface area contributed by atoms with Crippen LogP contribution < -0.4 is 5.73 Å². The molecule has 0 unspecified atom stereocenters. The van der Waals surface area contributed by atoms with E-state index in [1.807, 2.05) is 0 Å². The van der Waals surface area contributed by atoms with Gasteiger partial charge in [0.2, 0.25) is 5.78 Å². The van der Waals surface area contributed by atoms with Gasteiger partial charge in [0.15, 0.2) is 6.61 Å². The molecule has 4 atom stereocenters. The van der Waals surface area contributed by atoms with E-state index in [1.54, 1.807) is 0 Å². The lowest BCUT2D eigenvalue weighted by Crippen LogP contribution is -2.45. The number of hydrogen-bond acceptors (Lipinski definition) is 10. The van der Waals surface area contributed by atoms with Crippen molar-refractivity contribution in [1.82, 2.24) is 0 Å². The van der Waals surface area contributed by atoms with Gasteiger partial charge in [-0.3, -0.25) is 18.9 Å². The first kappa shape index (κ1) is 23.6. The van der Waals surface area contributed by atoms with Crippen molar-refractivity contribution in [1.29, 1.82) is 0 Å². The van der Waals surface area contributed by atoms with Crippen LogP contribution in [0.2, 0.25) is 0 Å². The van der Waals surface area contributed by atoms with Gasteiger partial charge >= 0.3 is 19.8 Å². The molecule has 0 spiro atoms. The highest BCUT2D eigenvalue weighted by Gasteiger charge is 2.32. The molecule has 0 rings (SSSR count). The van der Waals surface area contributed by atoms with E-state index in [1.165, 1.54) is 0 Å². The van der Waals surface area contributed by atoms with Crippen LogP contribution in [-0.2, 0) is 28.2 Å². The predicted octanol–water partition coefficient (Wildman–Crippen LogP) is -3.52. The second kappa shape index (κ2) is 10.5. The number of carboxylic acids is 1. The first-order chi connectivity index (χ1) is 11.3. The Labute approximate surface area is 141 Å². The molecule has 0 aromatic carbocycles. The Morgan fingerprint density at radius 1 is 1.12 bits per heavy atom. The van der Waals surface area contributed by atoms with Gasteiger partial charge in [0.25, 0.3) is 0 Å². The fraction of sp³-hybridized carbons (Fsp3) is 0.727. The summed E-state index contributed by atoms with van der Waals surface area (Å²) >= 11 is 0. The number of carboxylic acid groups (broad SMARTS) is 1. The van der Waals surface area contributed by atoms with Crippen LogP contribution in [0.3, 0.4) is 0 Å². The molecule has 0 heterocycles. The van der Waals surface area contributed by atoms with Gasteiger partial charge in [0.05, 0.1) is 6.61 Å². The highest BCUT2D eigenvalue weighted by Crippen LogP contribution is 2.35. The highest BCUT2D eigenvalue weighted by molar-refractivity contribution is 7.46. The van der Waals surface area contributed by atoms with Gasteiger partial charge in [-0.25, -0.2) is 4.57 Å². The Kier molecular flexibility index (Phi) is 9.92. The molecular formula is C11H20NO12P. The second-order valence-electron chi connectivity index (χ2n) is 4.90. The van der Waals surface area contributed by atoms with Crippen molar-refractivity contribution in [2.24, 2.45) is 5.73 Å². The fourth-order valence-corrected chi connectivity index (χ4v) is 1.73. The largest absolute Gasteiger partial charge is 0.480 e. The number of aliphatic hydroxyl groups excluding tert-OH is 3. The molecule has 0 aromatic rings. The second-order valence-corrected chi connectivity index (χ2v) is 6.14. The number of hydrogen-bond donors (Lipinski definition) is 7. The van der Waals surface area contributed by atoms with Crippen molar-refractivity contribution in [3.8, 4) is 0 Å². The standard InChI is InChI=1S/C11H20NO12P/c12-5(11(18)19)1-2-8(15)23-3-6(13)9(16)10(17)7(14)4-24-25(20,21)22/h5,7,9-10,14,16-17H,1-4,12H2,(H,18,19)(H2,20,21,22)/t5-,7+,9+,10+/m0/s1. The molecule has 0 aliphatic heterocycles. The van der Waals surface area contributed by atoms with Gasteiger partial charge in [-0.2, -0.15) is 0 Å². The Morgan fingerprint density at radius 2 is 1.68 bits per heavy atom. The first-order valence-electron chi connectivity index (χ1n) is 6.76. The van der Waals surface area contributed by atoms with Gasteiger partial charge < -0.3 is 40.7 Å². The molecule has 146 valence electrons. The van der Waals surface area contributed by atoms with Crippen LogP contribution in [0, 0.1) is 0 Å². The summed E-state index contributed by atoms with van der Waals surface area (Å²) in [6, 6.07) is -1.29. The van der Waals surface area contributed by atoms with Crippen LogP contribution in [0.5, 0.6) is 0 Å². The van der Waals surface area contributed by atoms with E-state index in [0.717, 1.165) is 0 Å². The van der Waals surface area contributed by atoms with Gasteiger partial charge in [-0.1, -0.05) is 0 Å². The van der Waals surface area contributed by atoms with E-state index in [9.17, 15) is 34.3 Å². The van der Waals surface area contributed by atoms with Crippen molar-refractivity contribution >= 4 is 25.5 Å². The van der Waals surface area contributed by atoms with Crippen molar-refractivity contribution in [2.75, 3.05) is 13.2 Å². The molecule has 14 heteroatoms. The number of esters is 1. The Balaban J connectivity index is 4.29. The number of ether oxygens (including phenoxy) is 1. The third-order valence-corrected chi connectivity index (χ3v) is 3.30. The number of rotatable bonds is 12. The molecule has 0 radical (unpaired) electrons. The smallest absolute Gasteiger partial charge is 0.469 e. The van der Waals surface area contributed by atoms with Crippen LogP contribution >= 0.6 is 7.82 Å². The number of ketones is 1. The maximum atomic E-state index is 11.5. The highest BCUT2D eigenvalue weighted by atomic mass is 31.2. The molecule has 0 aliphatic carbocycles. The third kappa shape index (κ3) is 10.2. The summed E-state index contributed by atoms with van der Waals surface area (Å²) in [6.45, 7) is -2.05. The summed E-state index contributed by atoms with van der Waals surface area (Å²) in [5, 5.41) is 36.9. The summed E-state index contributed by atoms with van der Waals surface area (Å²) in [6.07, 6.45) is -7.03. The van der Waals surface area contributed by atoms with Crippen molar-refractivity contribution < 1.29 is 58.4 Å². The fourth-order valence-electron chi connectivity index (χ4n) is 1.38. The average molecular weight is 389 g/mol. The maximum Gasteiger partial charge on any atom is 0.469 e. The van der Waals surface area contributed by atoms with Crippen LogP contribution in [-0.4, -0.2) is 85.5 Å². The minimum Gasteiger partial charge on any atom is -0.480 e. The van der Waals surface area contributed by atoms with E-state index in [-0.39, 0.29) is 6.42 Å². The number of phosphoric acid groups is 1. The zero-order valence-electron chi connectivity index (χ0n) is 12.8. The summed E-state index contributed by atoms with van der Waals surface area (Å²) in [4.78, 5) is 50.1. The van der Waals surface area contributed by atoms with Gasteiger partial charge in [-0.15, -0.1) is 0 Å². The number of carbonyl (C=O) groups is 3. The normalized spacial score (nSPS) is 16.6. The molecule has 0 aliphatic rings. The van der Waals surface area contributed by atoms with E-state index in [0.29, 0.717) is 0 Å². The minimum absolute atomic E-state index is 0.244. The topological polar surface area (TPSA) is 234 Å². The monoisotopic (exact) mass is 389 g/mol. The summed E-state index contributed by atoms with van der Waals surface area (Å²) in [7, 11) is -4.92. The van der Waals surface area contributed by atoms with Gasteiger partial charge in [-0.05, 0) is 6.42 Å². The Hall–Kier alpha value is -1.44. The molecule has 0 amide bonds. The van der Waals surface area contributed by atoms with Crippen LogP contribution in [0.25, 0.3) is 0 Å². The number of aliphatic hydroxyl groups is 3. The van der Waals surface area contributed by atoms with Gasteiger partial charge in [0, 0.05) is 6.42 Å². The minimum atomic E-state index is -4.92. The summed E-state index contributed by atoms with van der Waals surface area (Å²) in [5.41, 5.74) is 5.16. The zero-order valence-corrected chi connectivity index (χ0v) is 13.7. The van der Waals surface area contributed by atoms with E-state index >= 15 is 0 Å². The van der Waals surface area contributed by atoms with E-state index in [4.69, 9.17) is 20.6 Å². The molecule has 0 fully saturated rings. The number of nitrogens with two attached hydrogens (primary N) is 1. The lowest BCUT2D eigenvalue weighted by atomic mass is 10.1. The Bertz CT molecular complexity index is 519. The van der Waals surface area contributed by atoms with Crippen LogP contribution in [0.15, 0.2) is 0 Å². The first-order valence-corrected chi connectivity index (χ1v) is 8.29. The van der Waals surface area contributed by atoms with E-state index < -0.39 is 69.5 Å². The molecule has 0 bridgehead atoms. The zero-order chi connectivity index (χ0) is 19.8. The van der Waals surface area contributed by atoms with Gasteiger partial charge in [0.1, 0.15) is 24.4 Å². The molecule has 13 nitrogen and oxygen atoms in total. The predicted molar refractivity (Wildman–Crippen MR) is 76.8 cm³/mol. The van der Waals surface area contributed by atoms with Crippen molar-refractivity contribution in [3.63, 3.8) is 0 Å². The summed E-state index contributed by atoms with van der Waals surface area (Å²) < 4.78 is 18.8. The average Bonchev–Trinajstić information content (AvgIpc) is 2.52. The molecule has 0 saturated carbocycles. The van der Waals surface area contributed by atoms with Crippen LogP contribution in [0.4, 0.5) is 0 Å². The lowest BCUT2D eigenvalue weighted by molar-refractivity contribution is -0.155. The molecule has 25 heavy (non-hydrogen) atoms.